The summed E-state index contributed by atoms with van der Waals surface area (Å²) in [4.78, 5) is 11.3. The van der Waals surface area contributed by atoms with Crippen LogP contribution in [-0.2, 0) is 4.79 Å². The number of aliphatic hydroxyl groups is 3. The van der Waals surface area contributed by atoms with Gasteiger partial charge >= 0.3 is 5.97 Å². The maximum Gasteiger partial charge on any atom is 0.303 e. The fourth-order valence-corrected chi connectivity index (χ4v) is 8.55. The third-order valence-corrected chi connectivity index (χ3v) is 10.0. The van der Waals surface area contributed by atoms with Crippen molar-refractivity contribution in [1.29, 1.82) is 0 Å². The highest BCUT2D eigenvalue weighted by molar-refractivity contribution is 5.67. The summed E-state index contributed by atoms with van der Waals surface area (Å²) in [5, 5.41) is 42.1. The van der Waals surface area contributed by atoms with Crippen LogP contribution in [-0.4, -0.2) is 44.7 Å². The fourth-order valence-electron chi connectivity index (χ4n) is 8.55. The molecule has 4 aliphatic rings. The summed E-state index contributed by atoms with van der Waals surface area (Å²) in [5.74, 6) is 0.510. The summed E-state index contributed by atoms with van der Waals surface area (Å²) in [6.07, 6.45) is 5.02. The number of carboxylic acid groups (broad SMARTS) is 1. The molecule has 0 aromatic heterocycles. The zero-order chi connectivity index (χ0) is 20.4. The zero-order valence-electron chi connectivity index (χ0n) is 17.6. The second-order valence-corrected chi connectivity index (χ2v) is 11.1. The third kappa shape index (κ3) is 2.87. The number of fused-ring (bicyclic) bond motifs is 5. The van der Waals surface area contributed by atoms with E-state index in [1.54, 1.807) is 0 Å². The number of carbonyl (C=O) groups is 1. The summed E-state index contributed by atoms with van der Waals surface area (Å²) in [6.45, 7) is 6.52. The van der Waals surface area contributed by atoms with Crippen molar-refractivity contribution in [2.75, 3.05) is 0 Å². The molecule has 160 valence electrons. The molecular formula is C23H38O5. The number of hydrogen-bond acceptors (Lipinski definition) is 4. The van der Waals surface area contributed by atoms with Gasteiger partial charge in [0.05, 0.1) is 18.3 Å². The fraction of sp³-hybridized carbons (Fsp3) is 0.957. The van der Waals surface area contributed by atoms with E-state index in [0.717, 1.165) is 38.5 Å². The molecule has 5 unspecified atom stereocenters. The SMILES string of the molecule is CC(CC(=O)O)[C@H]1CCC2C3C(O)C[C@@H]4C[C@H](O)CC[C@]4(C)C3C[C@H](O)[C@@]21C. The molecule has 0 aromatic carbocycles. The first-order valence-corrected chi connectivity index (χ1v) is 11.3. The van der Waals surface area contributed by atoms with Gasteiger partial charge in [0.1, 0.15) is 0 Å². The second kappa shape index (κ2) is 6.95. The predicted octanol–water partition coefficient (Wildman–Crippen LogP) is 3.06. The number of aliphatic carboxylic acids is 1. The van der Waals surface area contributed by atoms with Crippen molar-refractivity contribution in [2.45, 2.75) is 90.4 Å². The molecule has 0 bridgehead atoms. The van der Waals surface area contributed by atoms with Gasteiger partial charge in [-0.15, -0.1) is 0 Å². The quantitative estimate of drug-likeness (QED) is 0.590. The predicted molar refractivity (Wildman–Crippen MR) is 105 cm³/mol. The van der Waals surface area contributed by atoms with E-state index in [1.165, 1.54) is 0 Å². The normalized spacial score (nSPS) is 54.4. The maximum absolute atomic E-state index is 11.4. The van der Waals surface area contributed by atoms with Crippen LogP contribution in [0, 0.1) is 46.3 Å². The highest BCUT2D eigenvalue weighted by Crippen LogP contribution is 2.68. The Bertz CT molecular complexity index is 622. The van der Waals surface area contributed by atoms with Gasteiger partial charge < -0.3 is 20.4 Å². The van der Waals surface area contributed by atoms with Crippen LogP contribution in [0.2, 0.25) is 0 Å². The van der Waals surface area contributed by atoms with Gasteiger partial charge in [0.15, 0.2) is 0 Å². The van der Waals surface area contributed by atoms with Crippen molar-refractivity contribution in [1.82, 2.24) is 0 Å². The smallest absolute Gasteiger partial charge is 0.303 e. The van der Waals surface area contributed by atoms with Crippen LogP contribution in [0.3, 0.4) is 0 Å². The number of carboxylic acids is 1. The highest BCUT2D eigenvalue weighted by Gasteiger charge is 2.65. The van der Waals surface area contributed by atoms with Crippen molar-refractivity contribution >= 4 is 5.97 Å². The first-order valence-electron chi connectivity index (χ1n) is 11.3. The van der Waals surface area contributed by atoms with Gasteiger partial charge in [0.2, 0.25) is 0 Å². The second-order valence-electron chi connectivity index (χ2n) is 11.1. The Kier molecular flexibility index (Phi) is 5.12. The van der Waals surface area contributed by atoms with Gasteiger partial charge in [0.25, 0.3) is 0 Å². The first-order chi connectivity index (χ1) is 13.1. The van der Waals surface area contributed by atoms with Gasteiger partial charge in [-0.1, -0.05) is 20.8 Å². The third-order valence-electron chi connectivity index (χ3n) is 10.0. The van der Waals surface area contributed by atoms with Gasteiger partial charge in [-0.3, -0.25) is 4.79 Å². The van der Waals surface area contributed by atoms with Gasteiger partial charge in [-0.2, -0.15) is 0 Å². The van der Waals surface area contributed by atoms with Crippen molar-refractivity contribution in [3.05, 3.63) is 0 Å². The summed E-state index contributed by atoms with van der Waals surface area (Å²) < 4.78 is 0. The van der Waals surface area contributed by atoms with E-state index in [4.69, 9.17) is 0 Å². The van der Waals surface area contributed by atoms with E-state index in [0.29, 0.717) is 12.3 Å². The summed E-state index contributed by atoms with van der Waals surface area (Å²) in [7, 11) is 0. The molecule has 11 atom stereocenters. The number of rotatable bonds is 3. The van der Waals surface area contributed by atoms with E-state index in [-0.39, 0.29) is 59.0 Å². The lowest BCUT2D eigenvalue weighted by Crippen LogP contribution is -2.62. The van der Waals surface area contributed by atoms with Gasteiger partial charge in [-0.25, -0.2) is 0 Å². The molecule has 0 aliphatic heterocycles. The molecule has 0 heterocycles. The lowest BCUT2D eigenvalue weighted by atomic mass is 9.43. The molecule has 0 radical (unpaired) electrons. The molecule has 5 nitrogen and oxygen atoms in total. The minimum absolute atomic E-state index is 0.0348. The van der Waals surface area contributed by atoms with Gasteiger partial charge in [-0.05, 0) is 91.3 Å². The largest absolute Gasteiger partial charge is 0.481 e. The minimum atomic E-state index is -0.767. The molecule has 4 fully saturated rings. The van der Waals surface area contributed by atoms with Crippen LogP contribution in [0.5, 0.6) is 0 Å². The van der Waals surface area contributed by atoms with Crippen LogP contribution in [0.15, 0.2) is 0 Å². The molecule has 4 saturated carbocycles. The molecule has 0 saturated heterocycles. The monoisotopic (exact) mass is 394 g/mol. The molecule has 0 amide bonds. The lowest BCUT2D eigenvalue weighted by Gasteiger charge is -2.63. The molecule has 28 heavy (non-hydrogen) atoms. The van der Waals surface area contributed by atoms with Crippen LogP contribution >= 0.6 is 0 Å². The molecule has 4 rings (SSSR count). The molecule has 0 spiro atoms. The molecule has 4 aliphatic carbocycles. The van der Waals surface area contributed by atoms with E-state index in [1.807, 2.05) is 6.92 Å². The average molecular weight is 395 g/mol. The molecule has 5 heteroatoms. The van der Waals surface area contributed by atoms with Crippen molar-refractivity contribution in [2.24, 2.45) is 46.3 Å². The van der Waals surface area contributed by atoms with E-state index >= 15 is 0 Å². The Morgan fingerprint density at radius 1 is 1.04 bits per heavy atom. The highest BCUT2D eigenvalue weighted by atomic mass is 16.4. The van der Waals surface area contributed by atoms with Crippen LogP contribution in [0.4, 0.5) is 0 Å². The molecule has 4 N–H and O–H groups in total. The molecular weight excluding hydrogens is 356 g/mol. The average Bonchev–Trinajstić information content (AvgIpc) is 2.95. The van der Waals surface area contributed by atoms with E-state index in [2.05, 4.69) is 13.8 Å². The Morgan fingerprint density at radius 2 is 1.75 bits per heavy atom. The van der Waals surface area contributed by atoms with E-state index < -0.39 is 12.1 Å². The summed E-state index contributed by atoms with van der Waals surface area (Å²) in [6, 6.07) is 0. The zero-order valence-corrected chi connectivity index (χ0v) is 17.6. The standard InChI is InChI=1S/C23H38O5/c1-12(8-20(27)28)15-4-5-16-21-17(11-19(26)23(15,16)3)22(2)7-6-14(24)9-13(22)10-18(21)25/h12-19,21,24-26H,4-11H2,1-3H3,(H,27,28)/t12?,13-,14+,15+,16?,17?,18?,19-,21?,22-,23+/m0/s1. The van der Waals surface area contributed by atoms with Crippen LogP contribution in [0.25, 0.3) is 0 Å². The molecule has 0 aromatic rings. The minimum Gasteiger partial charge on any atom is -0.481 e. The van der Waals surface area contributed by atoms with Crippen molar-refractivity contribution < 1.29 is 25.2 Å². The van der Waals surface area contributed by atoms with Crippen LogP contribution in [0.1, 0.15) is 72.1 Å². The topological polar surface area (TPSA) is 98.0 Å². The van der Waals surface area contributed by atoms with Crippen molar-refractivity contribution in [3.63, 3.8) is 0 Å². The Labute approximate surface area is 168 Å². The van der Waals surface area contributed by atoms with Crippen LogP contribution < -0.4 is 0 Å². The number of aliphatic hydroxyl groups excluding tert-OH is 3. The Hall–Kier alpha value is -0.650. The summed E-state index contributed by atoms with van der Waals surface area (Å²) >= 11 is 0. The maximum atomic E-state index is 11.4. The van der Waals surface area contributed by atoms with E-state index in [9.17, 15) is 25.2 Å². The number of hydrogen-bond donors (Lipinski definition) is 4. The lowest BCUT2D eigenvalue weighted by molar-refractivity contribution is -0.207. The van der Waals surface area contributed by atoms with Crippen molar-refractivity contribution in [3.8, 4) is 0 Å². The Morgan fingerprint density at radius 3 is 2.43 bits per heavy atom. The first kappa shape index (κ1) is 20.6. The Balaban J connectivity index is 1.65. The summed E-state index contributed by atoms with van der Waals surface area (Å²) in [5.41, 5.74) is -0.232. The van der Waals surface area contributed by atoms with Gasteiger partial charge in [0, 0.05) is 6.42 Å².